The van der Waals surface area contributed by atoms with Crippen LogP contribution in [0.5, 0.6) is 0 Å². The molecule has 0 aromatic rings. The predicted molar refractivity (Wildman–Crippen MR) is 79.1 cm³/mol. The van der Waals surface area contributed by atoms with E-state index in [2.05, 4.69) is 0 Å². The molecule has 3 aliphatic rings. The first-order valence-corrected chi connectivity index (χ1v) is 9.72. The molecular formula is C14H19F3N2O5S. The van der Waals surface area contributed by atoms with Gasteiger partial charge in [-0.2, -0.15) is 13.2 Å². The summed E-state index contributed by atoms with van der Waals surface area (Å²) in [6.07, 6.45) is -5.28. The fourth-order valence-electron chi connectivity index (χ4n) is 4.15. The highest BCUT2D eigenvalue weighted by molar-refractivity contribution is 7.92. The summed E-state index contributed by atoms with van der Waals surface area (Å²) >= 11 is 0. The molecule has 0 spiro atoms. The molecule has 142 valence electrons. The lowest BCUT2D eigenvalue weighted by Crippen LogP contribution is -2.46. The van der Waals surface area contributed by atoms with E-state index < -0.39 is 63.3 Å². The molecule has 3 aliphatic heterocycles. The van der Waals surface area contributed by atoms with Crippen LogP contribution < -0.4 is 0 Å². The van der Waals surface area contributed by atoms with Gasteiger partial charge >= 0.3 is 6.18 Å². The van der Waals surface area contributed by atoms with Crippen molar-refractivity contribution >= 4 is 21.7 Å². The molecule has 11 heteroatoms. The zero-order chi connectivity index (χ0) is 18.6. The van der Waals surface area contributed by atoms with Crippen molar-refractivity contribution in [2.24, 2.45) is 5.41 Å². The highest BCUT2D eigenvalue weighted by Gasteiger charge is 2.70. The van der Waals surface area contributed by atoms with Crippen LogP contribution in [0.2, 0.25) is 0 Å². The number of carbonyl (C=O) groups is 2. The van der Waals surface area contributed by atoms with Gasteiger partial charge in [0.15, 0.2) is 9.84 Å². The number of aliphatic hydroxyl groups excluding tert-OH is 1. The van der Waals surface area contributed by atoms with Crippen molar-refractivity contribution in [3.8, 4) is 0 Å². The number of fused-ring (bicyclic) bond motifs is 1. The summed E-state index contributed by atoms with van der Waals surface area (Å²) in [5.41, 5.74) is -2.37. The lowest BCUT2D eigenvalue weighted by atomic mass is 9.83. The molecule has 0 radical (unpaired) electrons. The van der Waals surface area contributed by atoms with Gasteiger partial charge < -0.3 is 5.11 Å². The third-order valence-electron chi connectivity index (χ3n) is 5.53. The van der Waals surface area contributed by atoms with E-state index in [1.54, 1.807) is 0 Å². The van der Waals surface area contributed by atoms with Gasteiger partial charge in [0.25, 0.3) is 0 Å². The van der Waals surface area contributed by atoms with Crippen molar-refractivity contribution in [1.82, 2.24) is 9.80 Å². The Morgan fingerprint density at radius 1 is 1.28 bits per heavy atom. The lowest BCUT2D eigenvalue weighted by molar-refractivity contribution is -0.217. The van der Waals surface area contributed by atoms with E-state index in [0.717, 1.165) is 4.90 Å². The number of hydrogen-bond acceptors (Lipinski definition) is 6. The van der Waals surface area contributed by atoms with Gasteiger partial charge in [0.05, 0.1) is 28.9 Å². The zero-order valence-corrected chi connectivity index (χ0v) is 14.1. The zero-order valence-electron chi connectivity index (χ0n) is 13.3. The van der Waals surface area contributed by atoms with Crippen molar-refractivity contribution < 1.29 is 36.3 Å². The quantitative estimate of drug-likeness (QED) is 0.660. The molecule has 0 bridgehead atoms. The van der Waals surface area contributed by atoms with Crippen LogP contribution >= 0.6 is 0 Å². The summed E-state index contributed by atoms with van der Waals surface area (Å²) in [6.45, 7) is -1.19. The van der Waals surface area contributed by atoms with Crippen LogP contribution in [0.25, 0.3) is 0 Å². The van der Waals surface area contributed by atoms with E-state index in [0.29, 0.717) is 0 Å². The van der Waals surface area contributed by atoms with Gasteiger partial charge in [-0.3, -0.25) is 19.4 Å². The number of rotatable bonds is 4. The number of carbonyl (C=O) groups excluding carboxylic acids is 2. The minimum atomic E-state index is -4.70. The molecule has 7 nitrogen and oxygen atoms in total. The average molecular weight is 384 g/mol. The Hall–Kier alpha value is -1.20. The van der Waals surface area contributed by atoms with Crippen LogP contribution in [0.3, 0.4) is 0 Å². The number of imide groups is 1. The van der Waals surface area contributed by atoms with Gasteiger partial charge in [-0.25, -0.2) is 8.42 Å². The van der Waals surface area contributed by atoms with Crippen LogP contribution in [-0.2, 0) is 19.4 Å². The number of nitrogens with zero attached hydrogens (tertiary/aromatic N) is 2. The van der Waals surface area contributed by atoms with E-state index in [9.17, 15) is 31.2 Å². The van der Waals surface area contributed by atoms with Crippen molar-refractivity contribution in [3.63, 3.8) is 0 Å². The number of alkyl halides is 3. The predicted octanol–water partition coefficient (Wildman–Crippen LogP) is -0.452. The van der Waals surface area contributed by atoms with E-state index >= 15 is 0 Å². The number of halogens is 3. The molecule has 3 fully saturated rings. The SMILES string of the molecule is O=C1CC(N2C[C@@H]3[C@@](C(F)(F)F)(CCS3(=O)=O)C2)C(=O)N1CCCO. The Morgan fingerprint density at radius 3 is 2.52 bits per heavy atom. The van der Waals surface area contributed by atoms with Crippen LogP contribution in [0.1, 0.15) is 19.3 Å². The molecule has 0 aromatic carbocycles. The molecule has 25 heavy (non-hydrogen) atoms. The van der Waals surface area contributed by atoms with Gasteiger partial charge in [-0.05, 0) is 12.8 Å². The first kappa shape index (κ1) is 18.6. The monoisotopic (exact) mass is 384 g/mol. The second-order valence-corrected chi connectivity index (χ2v) is 9.17. The van der Waals surface area contributed by atoms with Gasteiger partial charge in [-0.15, -0.1) is 0 Å². The first-order chi connectivity index (χ1) is 11.5. The van der Waals surface area contributed by atoms with Crippen LogP contribution in [0, 0.1) is 5.41 Å². The van der Waals surface area contributed by atoms with Crippen molar-refractivity contribution in [1.29, 1.82) is 0 Å². The Labute approximate surface area is 142 Å². The molecule has 3 heterocycles. The van der Waals surface area contributed by atoms with Gasteiger partial charge in [0.2, 0.25) is 11.8 Å². The maximum atomic E-state index is 13.6. The van der Waals surface area contributed by atoms with Crippen molar-refractivity contribution in [2.45, 2.75) is 36.7 Å². The number of hydrogen-bond donors (Lipinski definition) is 1. The highest BCUT2D eigenvalue weighted by Crippen LogP contribution is 2.55. The van der Waals surface area contributed by atoms with E-state index in [1.165, 1.54) is 4.90 Å². The molecule has 3 atom stereocenters. The molecule has 0 saturated carbocycles. The summed E-state index contributed by atoms with van der Waals surface area (Å²) in [7, 11) is -3.89. The van der Waals surface area contributed by atoms with Crippen molar-refractivity contribution in [3.05, 3.63) is 0 Å². The molecule has 0 aromatic heterocycles. The maximum Gasteiger partial charge on any atom is 0.397 e. The van der Waals surface area contributed by atoms with Gasteiger partial charge in [0.1, 0.15) is 0 Å². The molecule has 1 unspecified atom stereocenters. The summed E-state index contributed by atoms with van der Waals surface area (Å²) in [4.78, 5) is 26.5. The highest BCUT2D eigenvalue weighted by atomic mass is 32.2. The average Bonchev–Trinajstić information content (AvgIpc) is 3.10. The Kier molecular flexibility index (Phi) is 4.40. The van der Waals surface area contributed by atoms with E-state index in [-0.39, 0.29) is 32.5 Å². The summed E-state index contributed by atoms with van der Waals surface area (Å²) in [5.74, 6) is -1.64. The van der Waals surface area contributed by atoms with Gasteiger partial charge in [0, 0.05) is 26.2 Å². The second-order valence-electron chi connectivity index (χ2n) is 6.87. The largest absolute Gasteiger partial charge is 0.397 e. The summed E-state index contributed by atoms with van der Waals surface area (Å²) in [5, 5.41) is 7.23. The normalized spacial score (nSPS) is 35.6. The molecule has 0 aliphatic carbocycles. The Morgan fingerprint density at radius 2 is 1.96 bits per heavy atom. The molecule has 3 saturated heterocycles. The van der Waals surface area contributed by atoms with Gasteiger partial charge in [-0.1, -0.05) is 0 Å². The second kappa shape index (κ2) is 5.92. The van der Waals surface area contributed by atoms with E-state index in [1.807, 2.05) is 0 Å². The lowest BCUT2D eigenvalue weighted by Gasteiger charge is -2.31. The molecule has 3 rings (SSSR count). The third-order valence-corrected chi connectivity index (χ3v) is 7.77. The maximum absolute atomic E-state index is 13.6. The number of aliphatic hydroxyl groups is 1. The molecule has 1 N–H and O–H groups in total. The van der Waals surface area contributed by atoms with Crippen LogP contribution in [-0.4, -0.2) is 84.6 Å². The smallest absolute Gasteiger partial charge is 0.396 e. The Balaban J connectivity index is 1.85. The molecular weight excluding hydrogens is 365 g/mol. The third kappa shape index (κ3) is 2.76. The van der Waals surface area contributed by atoms with Crippen LogP contribution in [0.4, 0.5) is 13.2 Å². The molecule has 2 amide bonds. The fraction of sp³-hybridized carbons (Fsp3) is 0.857. The topological polar surface area (TPSA) is 95.0 Å². The minimum Gasteiger partial charge on any atom is -0.396 e. The van der Waals surface area contributed by atoms with E-state index in [4.69, 9.17) is 5.11 Å². The summed E-state index contributed by atoms with van der Waals surface area (Å²) in [6, 6.07) is -1.06. The number of sulfone groups is 1. The Bertz CT molecular complexity index is 695. The standard InChI is InChI=1S/C14H19F3N2O5S/c15-14(16,17)13-2-5-25(23,24)10(13)7-18(8-13)9-6-11(21)19(12(9)22)3-1-4-20/h9-10,20H,1-8H2/t9?,10-,13-/m1/s1. The first-order valence-electron chi connectivity index (χ1n) is 8.01. The number of likely N-dealkylation sites (tertiary alicyclic amines) is 2. The summed E-state index contributed by atoms with van der Waals surface area (Å²) < 4.78 is 65.1. The van der Waals surface area contributed by atoms with Crippen LogP contribution in [0.15, 0.2) is 0 Å². The minimum absolute atomic E-state index is 0.00461. The number of amides is 2. The fourth-order valence-corrected chi connectivity index (χ4v) is 6.51. The van der Waals surface area contributed by atoms with Crippen molar-refractivity contribution in [2.75, 3.05) is 32.0 Å².